The van der Waals surface area contributed by atoms with E-state index in [0.717, 1.165) is 33.6 Å². The van der Waals surface area contributed by atoms with E-state index < -0.39 is 0 Å². The van der Waals surface area contributed by atoms with Crippen LogP contribution in [-0.4, -0.2) is 47.2 Å². The fourth-order valence-electron chi connectivity index (χ4n) is 3.92. The summed E-state index contributed by atoms with van der Waals surface area (Å²) in [5.74, 6) is 1.23. The second kappa shape index (κ2) is 7.63. The molecule has 1 aliphatic rings. The maximum absolute atomic E-state index is 13.0. The van der Waals surface area contributed by atoms with Crippen molar-refractivity contribution in [1.29, 1.82) is 0 Å². The molecule has 0 atom stereocenters. The molecular weight excluding hydrogens is 376 g/mol. The van der Waals surface area contributed by atoms with Crippen LogP contribution < -0.4 is 4.90 Å². The molecule has 2 aromatic carbocycles. The summed E-state index contributed by atoms with van der Waals surface area (Å²) in [6, 6.07) is 21.8. The molecule has 0 unspecified atom stereocenters. The summed E-state index contributed by atoms with van der Waals surface area (Å²) in [6.07, 6.45) is 0. The van der Waals surface area contributed by atoms with E-state index in [-0.39, 0.29) is 5.91 Å². The number of carbonyl (C=O) groups is 1. The molecule has 0 N–H and O–H groups in total. The first kappa shape index (κ1) is 18.4. The number of hydrogen-bond donors (Lipinski definition) is 0. The van der Waals surface area contributed by atoms with Crippen LogP contribution in [0.4, 0.5) is 5.82 Å². The number of hydrogen-bond acceptors (Lipinski definition) is 5. The highest BCUT2D eigenvalue weighted by Crippen LogP contribution is 2.26. The van der Waals surface area contributed by atoms with Gasteiger partial charge in [-0.3, -0.25) is 4.79 Å². The monoisotopic (exact) mass is 398 g/mol. The van der Waals surface area contributed by atoms with E-state index in [1.54, 1.807) is 0 Å². The van der Waals surface area contributed by atoms with E-state index in [2.05, 4.69) is 15.1 Å². The minimum atomic E-state index is -0.0474. The summed E-state index contributed by atoms with van der Waals surface area (Å²) in [5.41, 5.74) is 3.56. The number of aromatic nitrogens is 2. The molecule has 0 saturated carbocycles. The molecule has 6 heteroatoms. The Morgan fingerprint density at radius 2 is 1.60 bits per heavy atom. The van der Waals surface area contributed by atoms with Crippen LogP contribution in [0.15, 0.2) is 71.1 Å². The van der Waals surface area contributed by atoms with Gasteiger partial charge in [0.1, 0.15) is 5.58 Å². The largest absolute Gasteiger partial charge is 0.451 e. The van der Waals surface area contributed by atoms with Crippen LogP contribution in [0.5, 0.6) is 0 Å². The molecule has 0 spiro atoms. The average molecular weight is 398 g/mol. The molecule has 4 aromatic rings. The average Bonchev–Trinajstić information content (AvgIpc) is 3.16. The molecule has 6 nitrogen and oxygen atoms in total. The Morgan fingerprint density at radius 3 is 2.30 bits per heavy atom. The lowest BCUT2D eigenvalue weighted by Crippen LogP contribution is -2.49. The Bertz CT molecular complexity index is 1180. The van der Waals surface area contributed by atoms with Crippen molar-refractivity contribution in [3.63, 3.8) is 0 Å². The summed E-state index contributed by atoms with van der Waals surface area (Å²) in [7, 11) is 0. The second-order valence-electron chi connectivity index (χ2n) is 7.47. The quantitative estimate of drug-likeness (QED) is 0.519. The van der Waals surface area contributed by atoms with Gasteiger partial charge in [0.15, 0.2) is 11.6 Å². The normalized spacial score (nSPS) is 14.3. The summed E-state index contributed by atoms with van der Waals surface area (Å²) < 4.78 is 5.85. The van der Waals surface area contributed by atoms with E-state index in [0.29, 0.717) is 31.9 Å². The van der Waals surface area contributed by atoms with Gasteiger partial charge in [0.25, 0.3) is 5.91 Å². The van der Waals surface area contributed by atoms with Crippen LogP contribution in [0.3, 0.4) is 0 Å². The Labute approximate surface area is 174 Å². The standard InChI is InChI=1S/C24H22N4O2/c1-17-19-9-5-6-10-21(19)30-23(17)24(29)28-15-13-27(14-16-28)22-12-11-20(25-26-22)18-7-3-2-4-8-18/h2-12H,13-16H2,1H3. The molecule has 2 aromatic heterocycles. The number of nitrogens with zero attached hydrogens (tertiary/aromatic N) is 4. The van der Waals surface area contributed by atoms with E-state index in [4.69, 9.17) is 4.42 Å². The number of aryl methyl sites for hydroxylation is 1. The van der Waals surface area contributed by atoms with Crippen molar-refractivity contribution in [2.45, 2.75) is 6.92 Å². The van der Waals surface area contributed by atoms with Crippen molar-refractivity contribution >= 4 is 22.7 Å². The second-order valence-corrected chi connectivity index (χ2v) is 7.47. The van der Waals surface area contributed by atoms with Gasteiger partial charge in [0.2, 0.25) is 0 Å². The third kappa shape index (κ3) is 3.30. The molecule has 1 aliphatic heterocycles. The van der Waals surface area contributed by atoms with Crippen LogP contribution >= 0.6 is 0 Å². The zero-order valence-electron chi connectivity index (χ0n) is 16.8. The van der Waals surface area contributed by atoms with Crippen LogP contribution in [-0.2, 0) is 0 Å². The van der Waals surface area contributed by atoms with Crippen LogP contribution in [0.2, 0.25) is 0 Å². The highest BCUT2D eigenvalue weighted by molar-refractivity contribution is 5.99. The molecule has 0 aliphatic carbocycles. The highest BCUT2D eigenvalue weighted by atomic mass is 16.3. The van der Waals surface area contributed by atoms with Crippen molar-refractivity contribution in [1.82, 2.24) is 15.1 Å². The fourth-order valence-corrected chi connectivity index (χ4v) is 3.92. The molecule has 1 saturated heterocycles. The van der Waals surface area contributed by atoms with Gasteiger partial charge < -0.3 is 14.2 Å². The minimum absolute atomic E-state index is 0.0474. The molecule has 1 amide bonds. The number of carbonyl (C=O) groups excluding carboxylic acids is 1. The molecular formula is C24H22N4O2. The number of anilines is 1. The number of piperazine rings is 1. The number of benzene rings is 2. The lowest BCUT2D eigenvalue weighted by molar-refractivity contribution is 0.0716. The molecule has 30 heavy (non-hydrogen) atoms. The first-order valence-corrected chi connectivity index (χ1v) is 10.1. The lowest BCUT2D eigenvalue weighted by Gasteiger charge is -2.34. The number of fused-ring (bicyclic) bond motifs is 1. The topological polar surface area (TPSA) is 62.5 Å². The van der Waals surface area contributed by atoms with Gasteiger partial charge in [-0.05, 0) is 25.1 Å². The van der Waals surface area contributed by atoms with Crippen LogP contribution in [0, 0.1) is 6.92 Å². The van der Waals surface area contributed by atoms with E-state index in [1.807, 2.05) is 78.6 Å². The lowest BCUT2D eigenvalue weighted by atomic mass is 10.1. The molecule has 0 radical (unpaired) electrons. The van der Waals surface area contributed by atoms with Crippen LogP contribution in [0.1, 0.15) is 16.1 Å². The van der Waals surface area contributed by atoms with Gasteiger partial charge in [-0.15, -0.1) is 10.2 Å². The van der Waals surface area contributed by atoms with Gasteiger partial charge in [0.05, 0.1) is 5.69 Å². The molecule has 150 valence electrons. The Balaban J connectivity index is 1.27. The molecule has 1 fully saturated rings. The highest BCUT2D eigenvalue weighted by Gasteiger charge is 2.27. The molecule has 3 heterocycles. The van der Waals surface area contributed by atoms with Crippen molar-refractivity contribution < 1.29 is 9.21 Å². The summed E-state index contributed by atoms with van der Waals surface area (Å²) in [6.45, 7) is 4.61. The van der Waals surface area contributed by atoms with Gasteiger partial charge in [-0.25, -0.2) is 0 Å². The van der Waals surface area contributed by atoms with Crippen molar-refractivity contribution in [2.24, 2.45) is 0 Å². The van der Waals surface area contributed by atoms with Gasteiger partial charge in [-0.2, -0.15) is 0 Å². The predicted octanol–water partition coefficient (Wildman–Crippen LogP) is 4.16. The fraction of sp³-hybridized carbons (Fsp3) is 0.208. The third-order valence-electron chi connectivity index (χ3n) is 5.65. The van der Waals surface area contributed by atoms with Crippen molar-refractivity contribution in [2.75, 3.05) is 31.1 Å². The van der Waals surface area contributed by atoms with Gasteiger partial charge in [0, 0.05) is 42.7 Å². The number of rotatable bonds is 3. The smallest absolute Gasteiger partial charge is 0.290 e. The maximum Gasteiger partial charge on any atom is 0.290 e. The van der Waals surface area contributed by atoms with Gasteiger partial charge in [-0.1, -0.05) is 48.5 Å². The minimum Gasteiger partial charge on any atom is -0.451 e. The van der Waals surface area contributed by atoms with E-state index in [1.165, 1.54) is 0 Å². The number of furan rings is 1. The first-order valence-electron chi connectivity index (χ1n) is 10.1. The number of para-hydroxylation sites is 1. The Morgan fingerprint density at radius 1 is 0.867 bits per heavy atom. The van der Waals surface area contributed by atoms with Gasteiger partial charge >= 0.3 is 0 Å². The SMILES string of the molecule is Cc1c(C(=O)N2CCN(c3ccc(-c4ccccc4)nn3)CC2)oc2ccccc12. The Hall–Kier alpha value is -3.67. The first-order chi connectivity index (χ1) is 14.7. The van der Waals surface area contributed by atoms with E-state index >= 15 is 0 Å². The Kier molecular flexibility index (Phi) is 4.67. The predicted molar refractivity (Wildman–Crippen MR) is 117 cm³/mol. The molecule has 5 rings (SSSR count). The van der Waals surface area contributed by atoms with Crippen molar-refractivity contribution in [3.05, 3.63) is 78.1 Å². The van der Waals surface area contributed by atoms with E-state index in [9.17, 15) is 4.79 Å². The number of amides is 1. The zero-order chi connectivity index (χ0) is 20.5. The zero-order valence-corrected chi connectivity index (χ0v) is 16.8. The maximum atomic E-state index is 13.0. The van der Waals surface area contributed by atoms with Crippen LogP contribution in [0.25, 0.3) is 22.2 Å². The summed E-state index contributed by atoms with van der Waals surface area (Å²) >= 11 is 0. The third-order valence-corrected chi connectivity index (χ3v) is 5.65. The summed E-state index contributed by atoms with van der Waals surface area (Å²) in [4.78, 5) is 17.0. The molecule has 0 bridgehead atoms. The van der Waals surface area contributed by atoms with Crippen molar-refractivity contribution in [3.8, 4) is 11.3 Å². The summed E-state index contributed by atoms with van der Waals surface area (Å²) in [5, 5.41) is 9.77.